The molecule has 2 aromatic carbocycles. The number of rotatable bonds is 3. The zero-order chi connectivity index (χ0) is 22.3. The van der Waals surface area contributed by atoms with E-state index in [9.17, 15) is 41.3 Å². The fourth-order valence-corrected chi connectivity index (χ4v) is 3.27. The van der Waals surface area contributed by atoms with Crippen LogP contribution in [0.15, 0.2) is 54.6 Å². The second-order valence-corrected chi connectivity index (χ2v) is 6.53. The summed E-state index contributed by atoms with van der Waals surface area (Å²) in [6.07, 6.45) is -9.72. The van der Waals surface area contributed by atoms with Gasteiger partial charge in [-0.1, -0.05) is 30.3 Å². The van der Waals surface area contributed by atoms with Crippen LogP contribution in [0.2, 0.25) is 0 Å². The van der Waals surface area contributed by atoms with E-state index in [4.69, 9.17) is 0 Å². The second-order valence-electron chi connectivity index (χ2n) is 6.53. The van der Waals surface area contributed by atoms with E-state index in [1.165, 1.54) is 30.3 Å². The Kier molecular flexibility index (Phi) is 5.46. The predicted molar refractivity (Wildman–Crippen MR) is 90.6 cm³/mol. The quantitative estimate of drug-likeness (QED) is 0.452. The number of hydrazine groups is 1. The van der Waals surface area contributed by atoms with Gasteiger partial charge in [-0.3, -0.25) is 19.9 Å². The van der Waals surface area contributed by atoms with Crippen molar-refractivity contribution in [2.24, 2.45) is 0 Å². The summed E-state index contributed by atoms with van der Waals surface area (Å²) in [5.41, 5.74) is 0.506. The summed E-state index contributed by atoms with van der Waals surface area (Å²) in [6, 6.07) is 3.32. The first-order chi connectivity index (χ1) is 13.9. The SMILES string of the molecule is O=C(c1ccc(C(F)(F)F)cc1)N1N[C@@H](C(F)(F)F)[C@H]([N+](=O)[O-])[C@@H]1c1ccccc1. The number of hydrogen-bond donors (Lipinski definition) is 1. The molecule has 160 valence electrons. The number of nitro groups is 1. The number of carbonyl (C=O) groups excluding carboxylic acids is 1. The van der Waals surface area contributed by atoms with E-state index < -0.39 is 46.9 Å². The molecule has 0 spiro atoms. The molecule has 3 atom stereocenters. The van der Waals surface area contributed by atoms with E-state index in [1.807, 2.05) is 5.43 Å². The number of carbonyl (C=O) groups is 1. The van der Waals surface area contributed by atoms with Crippen LogP contribution in [0.4, 0.5) is 26.3 Å². The second kappa shape index (κ2) is 7.59. The fraction of sp³-hybridized carbons (Fsp3) is 0.278. The van der Waals surface area contributed by atoms with Crippen LogP contribution in [0.1, 0.15) is 27.5 Å². The Labute approximate surface area is 165 Å². The van der Waals surface area contributed by atoms with Crippen molar-refractivity contribution in [2.45, 2.75) is 30.5 Å². The molecule has 1 N–H and O–H groups in total. The Hall–Kier alpha value is -3.15. The van der Waals surface area contributed by atoms with Crippen molar-refractivity contribution in [2.75, 3.05) is 0 Å². The lowest BCUT2D eigenvalue weighted by Gasteiger charge is -2.24. The van der Waals surface area contributed by atoms with Gasteiger partial charge in [0.2, 0.25) is 0 Å². The summed E-state index contributed by atoms with van der Waals surface area (Å²) in [4.78, 5) is 23.2. The van der Waals surface area contributed by atoms with Crippen LogP contribution >= 0.6 is 0 Å². The van der Waals surface area contributed by atoms with Crippen molar-refractivity contribution in [1.29, 1.82) is 0 Å². The Morgan fingerprint density at radius 2 is 1.53 bits per heavy atom. The molecule has 12 heteroatoms. The molecule has 0 aliphatic carbocycles. The van der Waals surface area contributed by atoms with Gasteiger partial charge in [-0.15, -0.1) is 0 Å². The minimum absolute atomic E-state index is 0.0683. The molecule has 1 saturated heterocycles. The van der Waals surface area contributed by atoms with Crippen molar-refractivity contribution in [1.82, 2.24) is 10.4 Å². The summed E-state index contributed by atoms with van der Waals surface area (Å²) in [6.45, 7) is 0. The number of amides is 1. The highest BCUT2D eigenvalue weighted by molar-refractivity contribution is 5.94. The largest absolute Gasteiger partial charge is 0.416 e. The first kappa shape index (κ1) is 21.6. The lowest BCUT2D eigenvalue weighted by Crippen LogP contribution is -2.49. The van der Waals surface area contributed by atoms with E-state index in [0.717, 1.165) is 12.1 Å². The molecule has 2 aromatic rings. The van der Waals surface area contributed by atoms with E-state index >= 15 is 0 Å². The molecule has 3 rings (SSSR count). The van der Waals surface area contributed by atoms with Gasteiger partial charge in [0.05, 0.1) is 5.56 Å². The highest BCUT2D eigenvalue weighted by atomic mass is 19.4. The first-order valence-corrected chi connectivity index (χ1v) is 8.43. The molecule has 0 aromatic heterocycles. The minimum Gasteiger partial charge on any atom is -0.268 e. The van der Waals surface area contributed by atoms with Crippen LogP contribution < -0.4 is 5.43 Å². The van der Waals surface area contributed by atoms with E-state index in [1.54, 1.807) is 0 Å². The summed E-state index contributed by atoms with van der Waals surface area (Å²) in [7, 11) is 0. The number of hydrogen-bond acceptors (Lipinski definition) is 4. The van der Waals surface area contributed by atoms with Gasteiger partial charge in [0, 0.05) is 10.5 Å². The number of halogens is 6. The monoisotopic (exact) mass is 433 g/mol. The maximum atomic E-state index is 13.5. The average molecular weight is 433 g/mol. The Bertz CT molecular complexity index is 931. The number of alkyl halides is 6. The fourth-order valence-electron chi connectivity index (χ4n) is 3.27. The van der Waals surface area contributed by atoms with Crippen LogP contribution in [-0.4, -0.2) is 34.1 Å². The summed E-state index contributed by atoms with van der Waals surface area (Å²) >= 11 is 0. The molecule has 0 radical (unpaired) electrons. The van der Waals surface area contributed by atoms with E-state index in [-0.39, 0.29) is 11.1 Å². The molecule has 1 fully saturated rings. The molecule has 0 unspecified atom stereocenters. The normalized spacial score (nSPS) is 22.2. The van der Waals surface area contributed by atoms with Crippen LogP contribution in [0.25, 0.3) is 0 Å². The molecule has 1 amide bonds. The molecule has 0 bridgehead atoms. The van der Waals surface area contributed by atoms with Crippen LogP contribution in [0.3, 0.4) is 0 Å². The topological polar surface area (TPSA) is 75.5 Å². The van der Waals surface area contributed by atoms with Gasteiger partial charge in [0.15, 0.2) is 6.04 Å². The molecule has 1 heterocycles. The molecular weight excluding hydrogens is 420 g/mol. The minimum atomic E-state index is -5.06. The van der Waals surface area contributed by atoms with Gasteiger partial charge in [-0.25, -0.2) is 5.43 Å². The zero-order valence-electron chi connectivity index (χ0n) is 14.8. The molecular formula is C18H13F6N3O3. The van der Waals surface area contributed by atoms with Gasteiger partial charge in [0.25, 0.3) is 11.9 Å². The third kappa shape index (κ3) is 4.08. The average Bonchev–Trinajstić information content (AvgIpc) is 3.09. The maximum absolute atomic E-state index is 13.5. The van der Waals surface area contributed by atoms with Gasteiger partial charge >= 0.3 is 12.4 Å². The van der Waals surface area contributed by atoms with E-state index in [0.29, 0.717) is 17.1 Å². The van der Waals surface area contributed by atoms with Crippen LogP contribution in [0.5, 0.6) is 0 Å². The van der Waals surface area contributed by atoms with Gasteiger partial charge in [-0.05, 0) is 29.8 Å². The van der Waals surface area contributed by atoms with Gasteiger partial charge < -0.3 is 0 Å². The van der Waals surface area contributed by atoms with Crippen LogP contribution in [0, 0.1) is 10.1 Å². The highest BCUT2D eigenvalue weighted by Gasteiger charge is 2.62. The summed E-state index contributed by atoms with van der Waals surface area (Å²) in [5, 5.41) is 12.0. The summed E-state index contributed by atoms with van der Waals surface area (Å²) < 4.78 is 78.5. The van der Waals surface area contributed by atoms with Gasteiger partial charge in [0.1, 0.15) is 6.04 Å². The Morgan fingerprint density at radius 3 is 2.00 bits per heavy atom. The molecule has 30 heavy (non-hydrogen) atoms. The van der Waals surface area contributed by atoms with Crippen molar-refractivity contribution in [3.05, 3.63) is 81.4 Å². The van der Waals surface area contributed by atoms with Crippen LogP contribution in [-0.2, 0) is 6.18 Å². The Balaban J connectivity index is 2.04. The zero-order valence-corrected chi connectivity index (χ0v) is 14.8. The lowest BCUT2D eigenvalue weighted by molar-refractivity contribution is -0.534. The highest BCUT2D eigenvalue weighted by Crippen LogP contribution is 2.39. The molecule has 1 aliphatic rings. The predicted octanol–water partition coefficient (Wildman–Crippen LogP) is 3.98. The third-order valence-electron chi connectivity index (χ3n) is 4.64. The number of nitrogens with zero attached hydrogens (tertiary/aromatic N) is 2. The van der Waals surface area contributed by atoms with Crippen molar-refractivity contribution in [3.8, 4) is 0 Å². The number of benzene rings is 2. The molecule has 0 saturated carbocycles. The smallest absolute Gasteiger partial charge is 0.268 e. The first-order valence-electron chi connectivity index (χ1n) is 8.43. The Morgan fingerprint density at radius 1 is 0.967 bits per heavy atom. The number of nitrogens with one attached hydrogen (secondary N) is 1. The third-order valence-corrected chi connectivity index (χ3v) is 4.64. The van der Waals surface area contributed by atoms with Crippen molar-refractivity contribution < 1.29 is 36.1 Å². The lowest BCUT2D eigenvalue weighted by atomic mass is 9.95. The standard InChI is InChI=1S/C18H13F6N3O3/c19-17(20,21)12-8-6-11(7-9-12)16(28)26-13(10-4-2-1-3-5-10)14(27(29)30)15(25-26)18(22,23)24/h1-9,13-15,25H/t13-,14+,15+/m0/s1. The van der Waals surface area contributed by atoms with E-state index in [2.05, 4.69) is 0 Å². The van der Waals surface area contributed by atoms with Crippen molar-refractivity contribution in [3.63, 3.8) is 0 Å². The summed E-state index contributed by atoms with van der Waals surface area (Å²) in [5.74, 6) is -1.13. The molecule has 6 nitrogen and oxygen atoms in total. The van der Waals surface area contributed by atoms with Crippen molar-refractivity contribution >= 4 is 5.91 Å². The van der Waals surface area contributed by atoms with Gasteiger partial charge in [-0.2, -0.15) is 26.3 Å². The molecule has 1 aliphatic heterocycles. The maximum Gasteiger partial charge on any atom is 0.416 e.